The van der Waals surface area contributed by atoms with Crippen molar-refractivity contribution < 1.29 is 4.39 Å². The number of azide groups is 1. The molecule has 0 saturated heterocycles. The molecule has 4 heteroatoms. The lowest BCUT2D eigenvalue weighted by Crippen LogP contribution is -2.22. The molecule has 0 fully saturated rings. The van der Waals surface area contributed by atoms with Crippen LogP contribution in [0.3, 0.4) is 0 Å². The first kappa shape index (κ1) is 18.0. The quantitative estimate of drug-likeness (QED) is 0.346. The van der Waals surface area contributed by atoms with Crippen LogP contribution in [0.4, 0.5) is 10.1 Å². The highest BCUT2D eigenvalue weighted by molar-refractivity contribution is 5.52. The Hall–Kier alpha value is -2.32. The third-order valence-corrected chi connectivity index (χ3v) is 4.27. The lowest BCUT2D eigenvalue weighted by atomic mass is 9.78. The SMILES string of the molecule is CC(C)(C)c1ccc(CC(C)(C)c2ccccc2F)cc1N=[N+]=[N-]. The van der Waals surface area contributed by atoms with E-state index in [0.29, 0.717) is 17.7 Å². The van der Waals surface area contributed by atoms with Gasteiger partial charge in [-0.2, -0.15) is 0 Å². The van der Waals surface area contributed by atoms with Crippen molar-refractivity contribution >= 4 is 5.69 Å². The Bertz CT molecular complexity index is 782. The molecule has 0 aromatic heterocycles. The number of hydrogen-bond acceptors (Lipinski definition) is 1. The Morgan fingerprint density at radius 3 is 2.25 bits per heavy atom. The highest BCUT2D eigenvalue weighted by Gasteiger charge is 2.25. The summed E-state index contributed by atoms with van der Waals surface area (Å²) in [4.78, 5) is 2.95. The minimum absolute atomic E-state index is 0.108. The topological polar surface area (TPSA) is 48.8 Å². The largest absolute Gasteiger partial charge is 0.207 e. The molecule has 0 radical (unpaired) electrons. The van der Waals surface area contributed by atoms with Crippen LogP contribution in [-0.2, 0) is 17.3 Å². The first-order valence-electron chi connectivity index (χ1n) is 8.09. The molecule has 0 aliphatic carbocycles. The molecule has 2 aromatic rings. The fourth-order valence-electron chi connectivity index (χ4n) is 3.07. The van der Waals surface area contributed by atoms with Crippen LogP contribution in [0.5, 0.6) is 0 Å². The van der Waals surface area contributed by atoms with Crippen molar-refractivity contribution in [3.05, 3.63) is 75.4 Å². The fourth-order valence-corrected chi connectivity index (χ4v) is 3.07. The molecule has 3 nitrogen and oxygen atoms in total. The molecule has 0 heterocycles. The Labute approximate surface area is 143 Å². The van der Waals surface area contributed by atoms with Gasteiger partial charge in [0.2, 0.25) is 0 Å². The average Bonchev–Trinajstić information content (AvgIpc) is 2.46. The van der Waals surface area contributed by atoms with E-state index in [0.717, 1.165) is 11.1 Å². The zero-order valence-corrected chi connectivity index (χ0v) is 15.0. The van der Waals surface area contributed by atoms with Crippen LogP contribution in [0.2, 0.25) is 0 Å². The molecule has 2 aromatic carbocycles. The summed E-state index contributed by atoms with van der Waals surface area (Å²) in [6, 6.07) is 12.8. The van der Waals surface area contributed by atoms with E-state index >= 15 is 0 Å². The second kappa shape index (κ2) is 6.66. The van der Waals surface area contributed by atoms with Gasteiger partial charge in [-0.25, -0.2) is 4.39 Å². The summed E-state index contributed by atoms with van der Waals surface area (Å²) >= 11 is 0. The number of rotatable bonds is 4. The predicted molar refractivity (Wildman–Crippen MR) is 97.1 cm³/mol. The summed E-state index contributed by atoms with van der Waals surface area (Å²) < 4.78 is 14.1. The van der Waals surface area contributed by atoms with Crippen LogP contribution in [0, 0.1) is 5.82 Å². The van der Waals surface area contributed by atoms with Gasteiger partial charge in [-0.1, -0.05) is 70.1 Å². The van der Waals surface area contributed by atoms with Crippen molar-refractivity contribution in [3.8, 4) is 0 Å². The third kappa shape index (κ3) is 3.95. The molecule has 0 unspecified atom stereocenters. The maximum absolute atomic E-state index is 14.1. The second-order valence-corrected chi connectivity index (χ2v) is 7.83. The normalized spacial score (nSPS) is 11.9. The van der Waals surface area contributed by atoms with Gasteiger partial charge in [0.05, 0.1) is 0 Å². The minimum atomic E-state index is -0.359. The van der Waals surface area contributed by atoms with E-state index in [-0.39, 0.29) is 16.6 Å². The number of nitrogens with zero attached hydrogens (tertiary/aromatic N) is 3. The number of hydrogen-bond donors (Lipinski definition) is 0. The molecule has 0 saturated carbocycles. The first-order chi connectivity index (χ1) is 11.1. The Morgan fingerprint density at radius 1 is 1.00 bits per heavy atom. The van der Waals surface area contributed by atoms with Gasteiger partial charge < -0.3 is 0 Å². The van der Waals surface area contributed by atoms with Crippen LogP contribution in [-0.4, -0.2) is 0 Å². The molecule has 0 N–H and O–H groups in total. The minimum Gasteiger partial charge on any atom is -0.207 e. The van der Waals surface area contributed by atoms with E-state index in [1.807, 2.05) is 44.2 Å². The Balaban J connectivity index is 2.42. The van der Waals surface area contributed by atoms with E-state index in [9.17, 15) is 4.39 Å². The van der Waals surface area contributed by atoms with Crippen LogP contribution in [0.1, 0.15) is 51.3 Å². The van der Waals surface area contributed by atoms with Gasteiger partial charge in [0.25, 0.3) is 0 Å². The monoisotopic (exact) mass is 325 g/mol. The van der Waals surface area contributed by atoms with Gasteiger partial charge in [-0.05, 0) is 51.6 Å². The van der Waals surface area contributed by atoms with E-state index in [1.54, 1.807) is 6.07 Å². The maximum Gasteiger partial charge on any atom is 0.126 e. The van der Waals surface area contributed by atoms with E-state index in [4.69, 9.17) is 5.53 Å². The van der Waals surface area contributed by atoms with Crippen molar-refractivity contribution in [2.75, 3.05) is 0 Å². The molecule has 2 rings (SSSR count). The number of benzene rings is 2. The molecule has 0 bridgehead atoms. The highest BCUT2D eigenvalue weighted by atomic mass is 19.1. The van der Waals surface area contributed by atoms with Crippen molar-refractivity contribution in [1.82, 2.24) is 0 Å². The molecule has 0 spiro atoms. The van der Waals surface area contributed by atoms with Crippen molar-refractivity contribution in [1.29, 1.82) is 0 Å². The zero-order chi connectivity index (χ0) is 18.0. The van der Waals surface area contributed by atoms with Gasteiger partial charge in [-0.3, -0.25) is 0 Å². The van der Waals surface area contributed by atoms with Gasteiger partial charge >= 0.3 is 0 Å². The highest BCUT2D eigenvalue weighted by Crippen LogP contribution is 2.35. The molecule has 0 amide bonds. The third-order valence-electron chi connectivity index (χ3n) is 4.27. The molecular weight excluding hydrogens is 301 g/mol. The lowest BCUT2D eigenvalue weighted by molar-refractivity contribution is 0.480. The first-order valence-corrected chi connectivity index (χ1v) is 8.09. The Kier molecular flexibility index (Phi) is 5.00. The number of halogens is 1. The Morgan fingerprint density at radius 2 is 1.67 bits per heavy atom. The summed E-state index contributed by atoms with van der Waals surface area (Å²) in [6.45, 7) is 10.3. The van der Waals surface area contributed by atoms with Crippen LogP contribution in [0.15, 0.2) is 47.6 Å². The van der Waals surface area contributed by atoms with Crippen molar-refractivity contribution in [3.63, 3.8) is 0 Å². The molecule has 24 heavy (non-hydrogen) atoms. The molecule has 0 atom stereocenters. The van der Waals surface area contributed by atoms with Crippen LogP contribution < -0.4 is 0 Å². The van der Waals surface area contributed by atoms with E-state index < -0.39 is 0 Å². The smallest absolute Gasteiger partial charge is 0.126 e. The standard InChI is InChI=1S/C20H24FN3/c1-19(2,3)16-11-10-14(12-18(16)23-24-22)13-20(4,5)15-8-6-7-9-17(15)21/h6-12H,13H2,1-5H3. The van der Waals surface area contributed by atoms with Gasteiger partial charge in [0, 0.05) is 10.6 Å². The predicted octanol–water partition coefficient (Wildman–Crippen LogP) is 6.59. The zero-order valence-electron chi connectivity index (χ0n) is 15.0. The summed E-state index contributed by atoms with van der Waals surface area (Å²) in [6.07, 6.45) is 0.659. The summed E-state index contributed by atoms with van der Waals surface area (Å²) in [7, 11) is 0. The molecule has 126 valence electrons. The van der Waals surface area contributed by atoms with Gasteiger partial charge in [-0.15, -0.1) is 0 Å². The molecular formula is C20H24FN3. The van der Waals surface area contributed by atoms with Crippen LogP contribution >= 0.6 is 0 Å². The summed E-state index contributed by atoms with van der Waals surface area (Å²) in [5.74, 6) is -0.191. The van der Waals surface area contributed by atoms with Crippen molar-refractivity contribution in [2.45, 2.75) is 51.9 Å². The van der Waals surface area contributed by atoms with E-state index in [2.05, 4.69) is 30.8 Å². The van der Waals surface area contributed by atoms with Crippen molar-refractivity contribution in [2.24, 2.45) is 5.11 Å². The maximum atomic E-state index is 14.1. The summed E-state index contributed by atoms with van der Waals surface area (Å²) in [5.41, 5.74) is 11.8. The van der Waals surface area contributed by atoms with Gasteiger partial charge in [0.1, 0.15) is 5.82 Å². The van der Waals surface area contributed by atoms with Gasteiger partial charge in [0.15, 0.2) is 0 Å². The second-order valence-electron chi connectivity index (χ2n) is 7.83. The fraction of sp³-hybridized carbons (Fsp3) is 0.400. The summed E-state index contributed by atoms with van der Waals surface area (Å²) in [5, 5.41) is 3.86. The molecule has 0 aliphatic heterocycles. The average molecular weight is 325 g/mol. The van der Waals surface area contributed by atoms with Crippen LogP contribution in [0.25, 0.3) is 10.4 Å². The van der Waals surface area contributed by atoms with E-state index in [1.165, 1.54) is 6.07 Å². The molecule has 0 aliphatic rings. The lowest BCUT2D eigenvalue weighted by Gasteiger charge is -2.27.